The maximum absolute atomic E-state index is 13.5. The Morgan fingerprint density at radius 3 is 2.62 bits per heavy atom. The van der Waals surface area contributed by atoms with Crippen LogP contribution in [0.3, 0.4) is 0 Å². The molecular weight excluding hydrogens is 561 g/mol. The Hall–Kier alpha value is -3.78. The number of hydrogen-bond donors (Lipinski definition) is 1. The lowest BCUT2D eigenvalue weighted by atomic mass is 9.78. The molecule has 2 unspecified atom stereocenters. The first-order chi connectivity index (χ1) is 18.9. The Kier molecular flexibility index (Phi) is 7.04. The van der Waals surface area contributed by atoms with Crippen molar-refractivity contribution in [1.82, 2.24) is 14.5 Å². The summed E-state index contributed by atoms with van der Waals surface area (Å²) < 4.78 is 22.7. The molecule has 2 heterocycles. The summed E-state index contributed by atoms with van der Waals surface area (Å²) in [4.78, 5) is 21.7. The van der Waals surface area contributed by atoms with Crippen LogP contribution in [0.25, 0.3) is 21.9 Å². The highest BCUT2D eigenvalue weighted by Gasteiger charge is 2.35. The molecule has 1 fully saturated rings. The molecule has 3 aromatic carbocycles. The number of carboxylic acids is 1. The van der Waals surface area contributed by atoms with E-state index in [0.29, 0.717) is 24.2 Å². The monoisotopic (exact) mass is 587 g/mol. The van der Waals surface area contributed by atoms with Gasteiger partial charge in [-0.1, -0.05) is 47.0 Å². The molecule has 1 aliphatic carbocycles. The van der Waals surface area contributed by atoms with Gasteiger partial charge in [0.25, 0.3) is 0 Å². The van der Waals surface area contributed by atoms with Crippen molar-refractivity contribution in [2.75, 3.05) is 0 Å². The Balaban J connectivity index is 1.32. The molecule has 0 radical (unpaired) electrons. The lowest BCUT2D eigenvalue weighted by Gasteiger charge is -2.28. The Labute approximate surface area is 233 Å². The third-order valence-electron chi connectivity index (χ3n) is 7.51. The van der Waals surface area contributed by atoms with E-state index in [1.54, 1.807) is 6.07 Å². The highest BCUT2D eigenvalue weighted by atomic mass is 79.9. The molecule has 2 atom stereocenters. The van der Waals surface area contributed by atoms with Gasteiger partial charge in [-0.05, 0) is 66.9 Å². The van der Waals surface area contributed by atoms with E-state index in [9.17, 15) is 14.3 Å². The van der Waals surface area contributed by atoms with Crippen molar-refractivity contribution in [1.29, 1.82) is 0 Å². The molecule has 8 heteroatoms. The summed E-state index contributed by atoms with van der Waals surface area (Å²) in [6.45, 7) is 0.860. The first kappa shape index (κ1) is 25.5. The number of carboxylic acid groups (broad SMARTS) is 1. The van der Waals surface area contributed by atoms with Crippen molar-refractivity contribution in [2.45, 2.75) is 44.8 Å². The van der Waals surface area contributed by atoms with E-state index >= 15 is 0 Å². The number of carbonyl (C=O) groups is 1. The summed E-state index contributed by atoms with van der Waals surface area (Å²) in [5.74, 6) is -0.153. The van der Waals surface area contributed by atoms with E-state index in [2.05, 4.69) is 37.6 Å². The molecular formula is C31H27BrFN3O3. The summed E-state index contributed by atoms with van der Waals surface area (Å²) in [5.41, 5.74) is 4.29. The second kappa shape index (κ2) is 10.8. The molecule has 1 aliphatic rings. The molecule has 1 N–H and O–H groups in total. The van der Waals surface area contributed by atoms with Gasteiger partial charge in [0, 0.05) is 28.4 Å². The third kappa shape index (κ3) is 5.39. The maximum atomic E-state index is 13.5. The Morgan fingerprint density at radius 2 is 1.79 bits per heavy atom. The van der Waals surface area contributed by atoms with Gasteiger partial charge >= 0.3 is 5.97 Å². The largest absolute Gasteiger partial charge is 0.487 e. The molecule has 6 rings (SSSR count). The molecule has 0 saturated heterocycles. The minimum atomic E-state index is -0.753. The van der Waals surface area contributed by atoms with Crippen LogP contribution in [0.1, 0.15) is 48.7 Å². The number of ether oxygens (including phenoxy) is 1. The number of hydrogen-bond acceptors (Lipinski definition) is 4. The fraction of sp³-hybridized carbons (Fsp3) is 0.258. The number of benzene rings is 3. The Morgan fingerprint density at radius 1 is 0.974 bits per heavy atom. The molecule has 0 aliphatic heterocycles. The predicted octanol–water partition coefficient (Wildman–Crippen LogP) is 7.47. The summed E-state index contributed by atoms with van der Waals surface area (Å²) in [6, 6.07) is 22.2. The average molecular weight is 588 g/mol. The van der Waals surface area contributed by atoms with Crippen LogP contribution in [0.5, 0.6) is 5.75 Å². The van der Waals surface area contributed by atoms with Crippen LogP contribution in [-0.2, 0) is 17.9 Å². The molecule has 0 spiro atoms. The molecule has 2 aromatic heterocycles. The minimum Gasteiger partial charge on any atom is -0.487 e. The zero-order chi connectivity index (χ0) is 26.9. The molecule has 6 nitrogen and oxygen atoms in total. The highest BCUT2D eigenvalue weighted by Crippen LogP contribution is 2.39. The minimum absolute atomic E-state index is 0.143. The molecule has 0 amide bonds. The summed E-state index contributed by atoms with van der Waals surface area (Å²) in [5, 5.41) is 10.7. The van der Waals surface area contributed by atoms with Gasteiger partial charge in [-0.2, -0.15) is 0 Å². The van der Waals surface area contributed by atoms with Crippen molar-refractivity contribution in [2.24, 2.45) is 5.92 Å². The number of aromatic nitrogens is 3. The predicted molar refractivity (Wildman–Crippen MR) is 151 cm³/mol. The van der Waals surface area contributed by atoms with Gasteiger partial charge in [-0.3, -0.25) is 4.79 Å². The Bertz CT molecular complexity index is 1670. The van der Waals surface area contributed by atoms with E-state index < -0.39 is 11.9 Å². The number of pyridine rings is 1. The number of rotatable bonds is 7. The van der Waals surface area contributed by atoms with Crippen molar-refractivity contribution < 1.29 is 19.0 Å². The van der Waals surface area contributed by atoms with Gasteiger partial charge in [0.2, 0.25) is 0 Å². The van der Waals surface area contributed by atoms with Crippen LogP contribution in [-0.4, -0.2) is 25.6 Å². The van der Waals surface area contributed by atoms with Gasteiger partial charge < -0.3 is 14.4 Å². The van der Waals surface area contributed by atoms with Crippen molar-refractivity contribution in [3.8, 4) is 5.75 Å². The zero-order valence-electron chi connectivity index (χ0n) is 21.2. The SMILES string of the molecule is O=C(O)C1CCCCC1c1nc2cc(OCc3ccc4cc(F)ccc4n3)ccc2n1Cc1ccc(Br)cc1. The van der Waals surface area contributed by atoms with E-state index in [0.717, 1.165) is 57.2 Å². The molecule has 198 valence electrons. The standard InChI is InChI=1S/C31H27BrFN3O3/c32-21-8-5-19(6-9-21)17-36-29-14-12-24(39-18-23-11-7-20-15-22(33)10-13-27(20)34-23)16-28(29)35-30(36)25-3-1-2-4-26(25)31(37)38/h5-16,25-26H,1-4,17-18H2,(H,37,38). The summed E-state index contributed by atoms with van der Waals surface area (Å²) in [7, 11) is 0. The van der Waals surface area contributed by atoms with Crippen LogP contribution >= 0.6 is 15.9 Å². The second-order valence-electron chi connectivity index (χ2n) is 10.1. The number of fused-ring (bicyclic) bond motifs is 2. The average Bonchev–Trinajstić information content (AvgIpc) is 3.30. The van der Waals surface area contributed by atoms with Crippen LogP contribution in [0.2, 0.25) is 0 Å². The number of aliphatic carboxylic acids is 1. The molecule has 1 saturated carbocycles. The molecule has 0 bridgehead atoms. The topological polar surface area (TPSA) is 77.2 Å². The smallest absolute Gasteiger partial charge is 0.307 e. The van der Waals surface area contributed by atoms with Crippen LogP contribution < -0.4 is 4.74 Å². The highest BCUT2D eigenvalue weighted by molar-refractivity contribution is 9.10. The normalized spacial score (nSPS) is 17.5. The maximum Gasteiger partial charge on any atom is 0.307 e. The zero-order valence-corrected chi connectivity index (χ0v) is 22.8. The van der Waals surface area contributed by atoms with E-state index in [1.165, 1.54) is 12.1 Å². The van der Waals surface area contributed by atoms with Crippen LogP contribution in [0, 0.1) is 11.7 Å². The van der Waals surface area contributed by atoms with Crippen LogP contribution in [0.15, 0.2) is 77.3 Å². The molecule has 5 aromatic rings. The summed E-state index contributed by atoms with van der Waals surface area (Å²) >= 11 is 3.50. The van der Waals surface area contributed by atoms with Crippen molar-refractivity contribution in [3.05, 3.63) is 100 Å². The third-order valence-corrected chi connectivity index (χ3v) is 8.04. The van der Waals surface area contributed by atoms with Crippen LogP contribution in [0.4, 0.5) is 4.39 Å². The van der Waals surface area contributed by atoms with Gasteiger partial charge in [-0.15, -0.1) is 0 Å². The lowest BCUT2D eigenvalue weighted by Crippen LogP contribution is -2.27. The van der Waals surface area contributed by atoms with E-state index in [1.807, 2.05) is 42.5 Å². The number of imidazole rings is 1. The van der Waals surface area contributed by atoms with Crippen molar-refractivity contribution in [3.63, 3.8) is 0 Å². The van der Waals surface area contributed by atoms with Gasteiger partial charge in [0.1, 0.15) is 24.0 Å². The fourth-order valence-corrected chi connectivity index (χ4v) is 5.82. The van der Waals surface area contributed by atoms with E-state index in [4.69, 9.17) is 9.72 Å². The van der Waals surface area contributed by atoms with Gasteiger partial charge in [-0.25, -0.2) is 14.4 Å². The summed E-state index contributed by atoms with van der Waals surface area (Å²) in [6.07, 6.45) is 3.40. The number of halogens is 2. The molecule has 39 heavy (non-hydrogen) atoms. The number of nitrogens with zero attached hydrogens (tertiary/aromatic N) is 3. The van der Waals surface area contributed by atoms with E-state index in [-0.39, 0.29) is 18.3 Å². The first-order valence-corrected chi connectivity index (χ1v) is 13.9. The lowest BCUT2D eigenvalue weighted by molar-refractivity contribution is -0.143. The van der Waals surface area contributed by atoms with Crippen molar-refractivity contribution >= 4 is 43.8 Å². The van der Waals surface area contributed by atoms with Gasteiger partial charge in [0.15, 0.2) is 0 Å². The first-order valence-electron chi connectivity index (χ1n) is 13.1. The second-order valence-corrected chi connectivity index (χ2v) is 11.0. The quantitative estimate of drug-likeness (QED) is 0.214. The fourth-order valence-electron chi connectivity index (χ4n) is 5.55. The van der Waals surface area contributed by atoms with Gasteiger partial charge in [0.05, 0.1) is 28.2 Å².